The van der Waals surface area contributed by atoms with Crippen molar-refractivity contribution in [1.29, 1.82) is 0 Å². The smallest absolute Gasteiger partial charge is 0.262 e. The summed E-state index contributed by atoms with van der Waals surface area (Å²) < 4.78 is 6.48. The van der Waals surface area contributed by atoms with E-state index in [2.05, 4.69) is 18.0 Å². The van der Waals surface area contributed by atoms with Crippen molar-refractivity contribution in [3.05, 3.63) is 58.5 Å². The van der Waals surface area contributed by atoms with E-state index in [0.29, 0.717) is 17.0 Å². The molecule has 5 rings (SSSR count). The minimum atomic E-state index is -1.20. The van der Waals surface area contributed by atoms with E-state index in [9.17, 15) is 19.8 Å². The van der Waals surface area contributed by atoms with E-state index in [1.807, 2.05) is 13.0 Å². The summed E-state index contributed by atoms with van der Waals surface area (Å²) in [5, 5.41) is 21.5. The molecule has 0 amide bonds. The van der Waals surface area contributed by atoms with Crippen LogP contribution in [-0.2, 0) is 0 Å². The zero-order chi connectivity index (χ0) is 23.5. The average Bonchev–Trinajstić information content (AvgIpc) is 2.77. The summed E-state index contributed by atoms with van der Waals surface area (Å²) in [7, 11) is 0. The van der Waals surface area contributed by atoms with Crippen LogP contribution in [0.4, 0.5) is 0 Å². The zero-order valence-electron chi connectivity index (χ0n) is 19.2. The number of pyridine rings is 1. The van der Waals surface area contributed by atoms with Crippen molar-refractivity contribution in [1.82, 2.24) is 4.98 Å². The highest BCUT2D eigenvalue weighted by molar-refractivity contribution is 6.03. The summed E-state index contributed by atoms with van der Waals surface area (Å²) in [4.78, 5) is 29.5. The number of hydrogen-bond donors (Lipinski definition) is 3. The Kier molecular flexibility index (Phi) is 5.24. The number of benzene rings is 1. The highest BCUT2D eigenvalue weighted by atomic mass is 16.5. The van der Waals surface area contributed by atoms with Crippen molar-refractivity contribution in [2.24, 2.45) is 29.6 Å². The van der Waals surface area contributed by atoms with E-state index in [0.717, 1.165) is 19.3 Å². The molecule has 2 fully saturated rings. The fourth-order valence-corrected chi connectivity index (χ4v) is 6.62. The molecule has 2 saturated carbocycles. The van der Waals surface area contributed by atoms with E-state index in [1.54, 1.807) is 31.2 Å². The molecule has 2 aromatic rings. The number of hydrogen-bond acceptors (Lipinski definition) is 5. The number of ether oxygens (including phenoxy) is 1. The molecule has 1 aromatic carbocycles. The second-order valence-corrected chi connectivity index (χ2v) is 10.2. The lowest BCUT2D eigenvalue weighted by atomic mass is 9.52. The summed E-state index contributed by atoms with van der Waals surface area (Å²) in [6.07, 6.45) is 7.72. The molecular formula is C27H31NO5. The lowest BCUT2D eigenvalue weighted by Crippen LogP contribution is -2.66. The number of carbonyl (C=O) groups is 1. The van der Waals surface area contributed by atoms with Crippen LogP contribution in [0.1, 0.15) is 50.4 Å². The van der Waals surface area contributed by atoms with Gasteiger partial charge < -0.3 is 19.9 Å². The number of carbonyl (C=O) groups excluding carboxylic acids is 1. The fraction of sp³-hybridized carbons (Fsp3) is 0.481. The number of Topliss-reactive ketones (excluding diaryl/α,β-unsaturated/α-hetero) is 1. The number of allylic oxidation sites excluding steroid dienone is 2. The van der Waals surface area contributed by atoms with Gasteiger partial charge in [0.05, 0.1) is 5.92 Å². The highest BCUT2D eigenvalue weighted by Gasteiger charge is 2.61. The Hall–Kier alpha value is -2.86. The molecule has 33 heavy (non-hydrogen) atoms. The zero-order valence-corrected chi connectivity index (χ0v) is 19.2. The minimum absolute atomic E-state index is 0.0182. The number of H-pyrrole nitrogens is 1. The lowest BCUT2D eigenvalue weighted by Gasteiger charge is -2.57. The monoisotopic (exact) mass is 449 g/mol. The molecule has 1 aliphatic heterocycles. The number of aromatic amines is 1. The average molecular weight is 450 g/mol. The number of nitrogens with one attached hydrogen (secondary N) is 1. The predicted molar refractivity (Wildman–Crippen MR) is 125 cm³/mol. The second-order valence-electron chi connectivity index (χ2n) is 10.2. The van der Waals surface area contributed by atoms with Crippen molar-refractivity contribution < 1.29 is 19.7 Å². The number of phenolic OH excluding ortho intramolecular Hbond substituents is 1. The molecule has 3 N–H and O–H groups in total. The maximum atomic E-state index is 14.0. The molecule has 0 spiro atoms. The molecule has 0 saturated heterocycles. The number of phenols is 1. The molecular weight excluding hydrogens is 418 g/mol. The largest absolute Gasteiger partial charge is 0.508 e. The van der Waals surface area contributed by atoms with Crippen molar-refractivity contribution in [2.45, 2.75) is 51.7 Å². The maximum absolute atomic E-state index is 14.0. The Bertz CT molecular complexity index is 1160. The van der Waals surface area contributed by atoms with Crippen LogP contribution in [0.3, 0.4) is 0 Å². The molecule has 1 aromatic heterocycles. The summed E-state index contributed by atoms with van der Waals surface area (Å²) in [5.74, 6) is 0.0795. The van der Waals surface area contributed by atoms with Gasteiger partial charge in [0.25, 0.3) is 5.56 Å². The van der Waals surface area contributed by atoms with E-state index < -0.39 is 23.2 Å². The van der Waals surface area contributed by atoms with Gasteiger partial charge in [-0.2, -0.15) is 0 Å². The third-order valence-corrected chi connectivity index (χ3v) is 8.16. The van der Waals surface area contributed by atoms with Crippen LogP contribution in [-0.4, -0.2) is 32.7 Å². The molecule has 0 radical (unpaired) electrons. The van der Waals surface area contributed by atoms with E-state index in [4.69, 9.17) is 4.74 Å². The SMILES string of the molecule is CC=CC1C2CC(C)CCC2C(C)(O)C2Oc3c(-c4ccc(O)cc4)c[nH]c(=O)c3C(=O)C12. The Labute approximate surface area is 193 Å². The number of aliphatic hydroxyl groups is 1. The number of fused-ring (bicyclic) bond motifs is 3. The van der Waals surface area contributed by atoms with Gasteiger partial charge in [-0.3, -0.25) is 9.59 Å². The second kappa shape index (κ2) is 7.87. The van der Waals surface area contributed by atoms with Gasteiger partial charge in [-0.15, -0.1) is 0 Å². The molecule has 7 atom stereocenters. The Balaban J connectivity index is 1.68. The van der Waals surface area contributed by atoms with Crippen LogP contribution in [0.2, 0.25) is 0 Å². The fourth-order valence-electron chi connectivity index (χ4n) is 6.62. The van der Waals surface area contributed by atoms with Crippen LogP contribution in [0.15, 0.2) is 47.4 Å². The number of ketones is 1. The topological polar surface area (TPSA) is 99.6 Å². The van der Waals surface area contributed by atoms with Gasteiger partial charge in [0.15, 0.2) is 5.78 Å². The molecule has 174 valence electrons. The molecule has 6 nitrogen and oxygen atoms in total. The molecule has 3 aliphatic rings. The van der Waals surface area contributed by atoms with Gasteiger partial charge in [0, 0.05) is 11.8 Å². The lowest BCUT2D eigenvalue weighted by molar-refractivity contribution is -0.177. The first-order chi connectivity index (χ1) is 15.7. The van der Waals surface area contributed by atoms with Crippen molar-refractivity contribution in [3.63, 3.8) is 0 Å². The summed E-state index contributed by atoms with van der Waals surface area (Å²) in [6.45, 7) is 5.98. The summed E-state index contributed by atoms with van der Waals surface area (Å²) in [5.41, 5.74) is -0.385. The minimum Gasteiger partial charge on any atom is -0.508 e. The van der Waals surface area contributed by atoms with Crippen LogP contribution in [0.25, 0.3) is 11.1 Å². The first kappa shape index (κ1) is 22.0. The van der Waals surface area contributed by atoms with Gasteiger partial charge in [-0.25, -0.2) is 0 Å². The highest BCUT2D eigenvalue weighted by Crippen LogP contribution is 2.56. The standard InChI is InChI=1S/C27H31NO5/c1-4-5-17-18-12-14(2)6-11-20(18)27(3,32)25-21(17)23(30)22-24(33-25)19(13-28-26(22)31)15-7-9-16(29)10-8-15/h4-5,7-10,13-14,17-18,20-21,25,29,32H,6,11-12H2,1-3H3,(H,28,31). The summed E-state index contributed by atoms with van der Waals surface area (Å²) >= 11 is 0. The Morgan fingerprint density at radius 3 is 2.61 bits per heavy atom. The van der Waals surface area contributed by atoms with Crippen molar-refractivity contribution in [3.8, 4) is 22.6 Å². The van der Waals surface area contributed by atoms with Crippen LogP contribution < -0.4 is 10.3 Å². The molecule has 2 heterocycles. The molecule has 7 unspecified atom stereocenters. The first-order valence-corrected chi connectivity index (χ1v) is 11.8. The Morgan fingerprint density at radius 2 is 1.91 bits per heavy atom. The third-order valence-electron chi connectivity index (χ3n) is 8.16. The van der Waals surface area contributed by atoms with E-state index >= 15 is 0 Å². The number of aromatic hydroxyl groups is 1. The van der Waals surface area contributed by atoms with Crippen LogP contribution >= 0.6 is 0 Å². The molecule has 6 heteroatoms. The number of rotatable bonds is 2. The first-order valence-electron chi connectivity index (χ1n) is 11.8. The van der Waals surface area contributed by atoms with Gasteiger partial charge in [0.2, 0.25) is 0 Å². The number of aromatic nitrogens is 1. The molecule has 0 bridgehead atoms. The van der Waals surface area contributed by atoms with Gasteiger partial charge in [-0.05, 0) is 68.1 Å². The van der Waals surface area contributed by atoms with E-state index in [-0.39, 0.29) is 40.6 Å². The quantitative estimate of drug-likeness (QED) is 0.593. The predicted octanol–water partition coefficient (Wildman–Crippen LogP) is 4.32. The molecule has 2 aliphatic carbocycles. The summed E-state index contributed by atoms with van der Waals surface area (Å²) in [6, 6.07) is 6.52. The van der Waals surface area contributed by atoms with Crippen molar-refractivity contribution >= 4 is 5.78 Å². The normalized spacial score (nSPS) is 35.5. The third kappa shape index (κ3) is 3.34. The van der Waals surface area contributed by atoms with Crippen molar-refractivity contribution in [2.75, 3.05) is 0 Å². The van der Waals surface area contributed by atoms with Gasteiger partial charge in [0.1, 0.15) is 28.8 Å². The van der Waals surface area contributed by atoms with E-state index in [1.165, 1.54) is 6.20 Å². The van der Waals surface area contributed by atoms with Crippen LogP contribution in [0, 0.1) is 29.6 Å². The maximum Gasteiger partial charge on any atom is 0.262 e. The van der Waals surface area contributed by atoms with Gasteiger partial charge in [-0.1, -0.05) is 37.6 Å². The Morgan fingerprint density at radius 1 is 1.18 bits per heavy atom. The van der Waals surface area contributed by atoms with Crippen LogP contribution in [0.5, 0.6) is 11.5 Å². The van der Waals surface area contributed by atoms with Gasteiger partial charge >= 0.3 is 0 Å².